The van der Waals surface area contributed by atoms with Gasteiger partial charge in [0.05, 0.1) is 6.42 Å². The fourth-order valence-corrected chi connectivity index (χ4v) is 3.12. The number of halogens is 1. The fourth-order valence-electron chi connectivity index (χ4n) is 3.12. The summed E-state index contributed by atoms with van der Waals surface area (Å²) in [5, 5.41) is 11.9. The highest BCUT2D eigenvalue weighted by molar-refractivity contribution is 6.05. The number of carboxylic acid groups (broad SMARTS) is 1. The molecule has 0 unspecified atom stereocenters. The van der Waals surface area contributed by atoms with E-state index in [1.165, 1.54) is 12.1 Å². The van der Waals surface area contributed by atoms with E-state index in [0.29, 0.717) is 33.5 Å². The van der Waals surface area contributed by atoms with Gasteiger partial charge in [0.2, 0.25) is 0 Å². The number of carbonyl (C=O) groups is 2. The molecule has 0 spiro atoms. The maximum Gasteiger partial charge on any atom is 0.307 e. The summed E-state index contributed by atoms with van der Waals surface area (Å²) in [6.45, 7) is 2.07. The van der Waals surface area contributed by atoms with Crippen LogP contribution in [0.2, 0.25) is 0 Å². The zero-order valence-corrected chi connectivity index (χ0v) is 15.9. The quantitative estimate of drug-likeness (QED) is 0.588. The molecule has 0 aliphatic rings. The molecule has 4 N–H and O–H groups in total. The summed E-state index contributed by atoms with van der Waals surface area (Å²) >= 11 is 0. The van der Waals surface area contributed by atoms with Crippen LogP contribution in [0.4, 0.5) is 10.1 Å². The van der Waals surface area contributed by atoms with Crippen molar-refractivity contribution in [2.45, 2.75) is 19.9 Å². The summed E-state index contributed by atoms with van der Waals surface area (Å²) in [7, 11) is 0. The number of amides is 1. The Morgan fingerprint density at radius 2 is 1.83 bits per heavy atom. The molecule has 3 aromatic rings. The normalized spacial score (nSPS) is 10.6. The number of anilines is 1. The first kappa shape index (κ1) is 20.2. The largest absolute Gasteiger partial charge is 0.481 e. The number of nitrogens with one attached hydrogen (secondary N) is 1. The van der Waals surface area contributed by atoms with Crippen LogP contribution in [-0.4, -0.2) is 17.0 Å². The lowest BCUT2D eigenvalue weighted by Crippen LogP contribution is -2.14. The highest BCUT2D eigenvalue weighted by Gasteiger charge is 2.13. The van der Waals surface area contributed by atoms with E-state index in [-0.39, 0.29) is 18.9 Å². The summed E-state index contributed by atoms with van der Waals surface area (Å²) in [5.74, 6) is -1.75. The lowest BCUT2D eigenvalue weighted by Gasteiger charge is -2.12. The van der Waals surface area contributed by atoms with Gasteiger partial charge in [-0.05, 0) is 65.6 Å². The molecule has 5 nitrogen and oxygen atoms in total. The zero-order chi connectivity index (χ0) is 21.0. The number of hydrogen-bond acceptors (Lipinski definition) is 3. The van der Waals surface area contributed by atoms with Crippen molar-refractivity contribution in [3.63, 3.8) is 0 Å². The van der Waals surface area contributed by atoms with Crippen molar-refractivity contribution < 1.29 is 19.1 Å². The third-order valence-corrected chi connectivity index (χ3v) is 4.50. The average Bonchev–Trinajstić information content (AvgIpc) is 2.69. The van der Waals surface area contributed by atoms with Gasteiger partial charge in [-0.25, -0.2) is 4.39 Å². The molecule has 3 rings (SSSR count). The smallest absolute Gasteiger partial charge is 0.307 e. The Bertz CT molecular complexity index is 1080. The van der Waals surface area contributed by atoms with Crippen LogP contribution in [0.25, 0.3) is 11.1 Å². The summed E-state index contributed by atoms with van der Waals surface area (Å²) in [5.41, 5.74) is 9.84. The SMILES string of the molecule is Cc1ccc(NC(=O)c2cccc(-c3cc(F)cc(CN)c3)c2)c(CC(=O)O)c1. The molecule has 0 aliphatic heterocycles. The molecule has 0 aliphatic carbocycles. The second-order valence-electron chi connectivity index (χ2n) is 6.82. The Hall–Kier alpha value is -3.51. The molecule has 3 aromatic carbocycles. The summed E-state index contributed by atoms with van der Waals surface area (Å²) in [6.07, 6.45) is -0.192. The van der Waals surface area contributed by atoms with Crippen molar-refractivity contribution in [3.05, 3.63) is 88.7 Å². The molecule has 0 saturated heterocycles. The Morgan fingerprint density at radius 1 is 1.03 bits per heavy atom. The number of rotatable bonds is 6. The Kier molecular flexibility index (Phi) is 6.04. The summed E-state index contributed by atoms with van der Waals surface area (Å²) in [6, 6.07) is 16.6. The van der Waals surface area contributed by atoms with Gasteiger partial charge < -0.3 is 16.2 Å². The van der Waals surface area contributed by atoms with Crippen LogP contribution < -0.4 is 11.1 Å². The lowest BCUT2D eigenvalue weighted by atomic mass is 10.00. The maximum atomic E-state index is 13.8. The topological polar surface area (TPSA) is 92.4 Å². The van der Waals surface area contributed by atoms with Crippen LogP contribution in [0.5, 0.6) is 0 Å². The van der Waals surface area contributed by atoms with E-state index in [2.05, 4.69) is 5.32 Å². The summed E-state index contributed by atoms with van der Waals surface area (Å²) in [4.78, 5) is 23.9. The second-order valence-corrected chi connectivity index (χ2v) is 6.82. The second kappa shape index (κ2) is 8.67. The molecular formula is C23H21FN2O3. The van der Waals surface area contributed by atoms with Crippen molar-refractivity contribution >= 4 is 17.6 Å². The minimum atomic E-state index is -0.977. The van der Waals surface area contributed by atoms with Gasteiger partial charge in [-0.15, -0.1) is 0 Å². The van der Waals surface area contributed by atoms with Crippen molar-refractivity contribution in [3.8, 4) is 11.1 Å². The summed E-state index contributed by atoms with van der Waals surface area (Å²) < 4.78 is 13.8. The van der Waals surface area contributed by atoms with Gasteiger partial charge in [-0.2, -0.15) is 0 Å². The van der Waals surface area contributed by atoms with Crippen LogP contribution in [0, 0.1) is 12.7 Å². The molecule has 29 heavy (non-hydrogen) atoms. The van der Waals surface area contributed by atoms with E-state index >= 15 is 0 Å². The van der Waals surface area contributed by atoms with E-state index in [9.17, 15) is 14.0 Å². The van der Waals surface area contributed by atoms with E-state index in [4.69, 9.17) is 10.8 Å². The molecule has 0 fully saturated rings. The predicted octanol–water partition coefficient (Wildman–Crippen LogP) is 4.14. The van der Waals surface area contributed by atoms with Crippen molar-refractivity contribution in [1.29, 1.82) is 0 Å². The number of aryl methyl sites for hydroxylation is 1. The molecule has 0 atom stereocenters. The molecular weight excluding hydrogens is 371 g/mol. The molecule has 6 heteroatoms. The van der Waals surface area contributed by atoms with Crippen LogP contribution in [0.3, 0.4) is 0 Å². The first-order chi connectivity index (χ1) is 13.9. The molecule has 0 aromatic heterocycles. The van der Waals surface area contributed by atoms with Crippen molar-refractivity contribution in [2.75, 3.05) is 5.32 Å². The third-order valence-electron chi connectivity index (χ3n) is 4.50. The molecule has 148 valence electrons. The number of carbonyl (C=O) groups excluding carboxylic acids is 1. The van der Waals surface area contributed by atoms with Crippen molar-refractivity contribution in [2.24, 2.45) is 5.73 Å². The van der Waals surface area contributed by atoms with Crippen LogP contribution in [0.1, 0.15) is 27.0 Å². The third kappa shape index (κ3) is 5.06. The van der Waals surface area contributed by atoms with E-state index < -0.39 is 11.8 Å². The fraction of sp³-hybridized carbons (Fsp3) is 0.130. The van der Waals surface area contributed by atoms with Crippen molar-refractivity contribution in [1.82, 2.24) is 0 Å². The molecule has 1 amide bonds. The molecule has 0 heterocycles. The van der Waals surface area contributed by atoms with Gasteiger partial charge in [-0.3, -0.25) is 9.59 Å². The highest BCUT2D eigenvalue weighted by Crippen LogP contribution is 2.24. The van der Waals surface area contributed by atoms with Gasteiger partial charge in [0.25, 0.3) is 5.91 Å². The maximum absolute atomic E-state index is 13.8. The number of benzene rings is 3. The van der Waals surface area contributed by atoms with E-state index in [1.54, 1.807) is 48.5 Å². The molecule has 0 bridgehead atoms. The Morgan fingerprint density at radius 3 is 2.55 bits per heavy atom. The van der Waals surface area contributed by atoms with Gasteiger partial charge >= 0.3 is 5.97 Å². The number of nitrogens with two attached hydrogens (primary N) is 1. The number of aliphatic carboxylic acids is 1. The lowest BCUT2D eigenvalue weighted by molar-refractivity contribution is -0.136. The standard InChI is InChI=1S/C23H21FN2O3/c1-14-5-6-21(19(7-14)12-22(27)28)26-23(29)17-4-2-3-16(10-17)18-8-15(13-25)9-20(24)11-18/h2-11H,12-13,25H2,1H3,(H,26,29)(H,27,28). The van der Waals surface area contributed by atoms with Gasteiger partial charge in [-0.1, -0.05) is 29.8 Å². The monoisotopic (exact) mass is 392 g/mol. The van der Waals surface area contributed by atoms with E-state index in [1.807, 2.05) is 6.92 Å². The Labute approximate surface area is 168 Å². The highest BCUT2D eigenvalue weighted by atomic mass is 19.1. The first-order valence-electron chi connectivity index (χ1n) is 9.08. The van der Waals surface area contributed by atoms with Gasteiger partial charge in [0.15, 0.2) is 0 Å². The minimum absolute atomic E-state index is 0.192. The average molecular weight is 392 g/mol. The molecule has 0 saturated carbocycles. The minimum Gasteiger partial charge on any atom is -0.481 e. The number of hydrogen-bond donors (Lipinski definition) is 3. The van der Waals surface area contributed by atoms with Crippen LogP contribution >= 0.6 is 0 Å². The predicted molar refractivity (Wildman–Crippen MR) is 110 cm³/mol. The van der Waals surface area contributed by atoms with Crippen LogP contribution in [0.15, 0.2) is 60.7 Å². The van der Waals surface area contributed by atoms with Gasteiger partial charge in [0.1, 0.15) is 5.82 Å². The first-order valence-corrected chi connectivity index (χ1v) is 9.08. The van der Waals surface area contributed by atoms with E-state index in [0.717, 1.165) is 5.56 Å². The zero-order valence-electron chi connectivity index (χ0n) is 15.9. The van der Waals surface area contributed by atoms with Gasteiger partial charge in [0, 0.05) is 17.8 Å². The molecule has 0 radical (unpaired) electrons. The van der Waals surface area contributed by atoms with Crippen LogP contribution in [-0.2, 0) is 17.8 Å². The Balaban J connectivity index is 1.89. The number of carboxylic acids is 1.